The van der Waals surface area contributed by atoms with E-state index in [1.54, 1.807) is 13.8 Å². The molecule has 0 heterocycles. The van der Waals surface area contributed by atoms with Gasteiger partial charge in [0.1, 0.15) is 63.7 Å². The molecule has 18 heteroatoms. The minimum absolute atomic E-state index is 0.275. The third-order valence-electron chi connectivity index (χ3n) is 8.01. The predicted octanol–water partition coefficient (Wildman–Crippen LogP) is 3.81. The van der Waals surface area contributed by atoms with Crippen molar-refractivity contribution in [1.82, 2.24) is 9.80 Å². The summed E-state index contributed by atoms with van der Waals surface area (Å²) in [5.41, 5.74) is -2.96. The zero-order valence-corrected chi connectivity index (χ0v) is 33.4. The van der Waals surface area contributed by atoms with E-state index in [2.05, 4.69) is 39.5 Å². The van der Waals surface area contributed by atoms with Gasteiger partial charge in [0.2, 0.25) is 0 Å². The molecule has 0 saturated heterocycles. The highest BCUT2D eigenvalue weighted by Crippen LogP contribution is 2.24. The van der Waals surface area contributed by atoms with E-state index in [9.17, 15) is 38.4 Å². The van der Waals surface area contributed by atoms with Crippen LogP contribution in [0.4, 0.5) is 9.59 Å². The molecular formula is C40H56N2O16. The average Bonchev–Trinajstić information content (AvgIpc) is 3.24. The molecule has 0 aromatic carbocycles. The van der Waals surface area contributed by atoms with Gasteiger partial charge in [-0.1, -0.05) is 52.3 Å². The van der Waals surface area contributed by atoms with Crippen molar-refractivity contribution in [2.45, 2.75) is 39.5 Å². The van der Waals surface area contributed by atoms with Gasteiger partial charge in [-0.2, -0.15) is 0 Å². The predicted molar refractivity (Wildman–Crippen MR) is 207 cm³/mol. The SMILES string of the molecule is C=CC(=O)OCC(COC(=O)C=C)(COC(=O)C=C)COC(=O)N(CC)CCCCCCN(CC)C(=O)OCC(COC(=O)C=C)(COC(=O)C=C)COC(=O)C=C. The molecule has 18 nitrogen and oxygen atoms in total. The second-order valence-corrected chi connectivity index (χ2v) is 12.6. The lowest BCUT2D eigenvalue weighted by molar-refractivity contribution is -0.161. The fraction of sp³-hybridized carbons (Fsp3) is 0.500. The molecule has 0 radical (unpaired) electrons. The maximum Gasteiger partial charge on any atom is 0.409 e. The Labute approximate surface area is 339 Å². The van der Waals surface area contributed by atoms with Crippen LogP contribution in [0.2, 0.25) is 0 Å². The standard InChI is InChI=1S/C40H56N2O16/c1-9-31(43)51-23-39(24-52-32(44)10-2,25-53-33(45)11-3)29-57-37(49)41(15-7)21-19-17-18-20-22-42(16-8)38(50)58-30-40(26-54-34(46)12-4,27-55-35(47)13-5)28-56-36(48)14-6/h9-14H,1-6,15-30H2,7-8H3. The van der Waals surface area contributed by atoms with Gasteiger partial charge in [0, 0.05) is 62.6 Å². The Morgan fingerprint density at radius 2 is 0.586 bits per heavy atom. The molecule has 0 spiro atoms. The first-order valence-electron chi connectivity index (χ1n) is 18.2. The summed E-state index contributed by atoms with van der Waals surface area (Å²) >= 11 is 0. The van der Waals surface area contributed by atoms with Crippen molar-refractivity contribution < 1.29 is 76.3 Å². The van der Waals surface area contributed by atoms with Crippen LogP contribution in [0.15, 0.2) is 75.9 Å². The second kappa shape index (κ2) is 29.1. The van der Waals surface area contributed by atoms with Gasteiger partial charge in [0.15, 0.2) is 0 Å². The lowest BCUT2D eigenvalue weighted by Gasteiger charge is -2.32. The van der Waals surface area contributed by atoms with E-state index in [1.807, 2.05) is 0 Å². The maximum atomic E-state index is 13.1. The van der Waals surface area contributed by atoms with Crippen molar-refractivity contribution in [3.8, 4) is 0 Å². The smallest absolute Gasteiger partial charge is 0.409 e. The number of rotatable bonds is 31. The van der Waals surface area contributed by atoms with Gasteiger partial charge in [-0.25, -0.2) is 38.4 Å². The van der Waals surface area contributed by atoms with Crippen LogP contribution in [0, 0.1) is 10.8 Å². The molecule has 0 saturated carbocycles. The number of hydrogen-bond acceptors (Lipinski definition) is 16. The number of nitrogens with zero attached hydrogens (tertiary/aromatic N) is 2. The number of ether oxygens (including phenoxy) is 8. The summed E-state index contributed by atoms with van der Waals surface area (Å²) in [7, 11) is 0. The summed E-state index contributed by atoms with van der Waals surface area (Å²) in [5, 5.41) is 0. The van der Waals surface area contributed by atoms with Gasteiger partial charge in [0.05, 0.1) is 0 Å². The highest BCUT2D eigenvalue weighted by Gasteiger charge is 2.39. The third kappa shape index (κ3) is 21.2. The average molecular weight is 821 g/mol. The first-order valence-corrected chi connectivity index (χ1v) is 18.2. The lowest BCUT2D eigenvalue weighted by Crippen LogP contribution is -2.45. The van der Waals surface area contributed by atoms with Crippen LogP contribution in [0.3, 0.4) is 0 Å². The minimum Gasteiger partial charge on any atom is -0.462 e. The Balaban J connectivity index is 5.44. The lowest BCUT2D eigenvalue weighted by atomic mass is 9.92. The van der Waals surface area contributed by atoms with E-state index in [-0.39, 0.29) is 13.1 Å². The minimum atomic E-state index is -1.48. The Morgan fingerprint density at radius 1 is 0.379 bits per heavy atom. The zero-order chi connectivity index (χ0) is 44.0. The van der Waals surface area contributed by atoms with Crippen LogP contribution >= 0.6 is 0 Å². The molecule has 0 fully saturated rings. The van der Waals surface area contributed by atoms with Gasteiger partial charge < -0.3 is 47.7 Å². The summed E-state index contributed by atoms with van der Waals surface area (Å²) in [4.78, 5) is 100. The number of esters is 6. The van der Waals surface area contributed by atoms with Gasteiger partial charge >= 0.3 is 48.0 Å². The largest absolute Gasteiger partial charge is 0.462 e. The molecule has 2 amide bonds. The topological polar surface area (TPSA) is 217 Å². The first-order chi connectivity index (χ1) is 27.6. The Hall–Kier alpha value is -6.20. The summed E-state index contributed by atoms with van der Waals surface area (Å²) in [6, 6.07) is 0. The molecule has 0 aliphatic heterocycles. The van der Waals surface area contributed by atoms with E-state index in [1.165, 1.54) is 9.80 Å². The van der Waals surface area contributed by atoms with Crippen LogP contribution in [0.1, 0.15) is 39.5 Å². The molecule has 0 aliphatic carbocycles. The van der Waals surface area contributed by atoms with Crippen molar-refractivity contribution >= 4 is 48.0 Å². The van der Waals surface area contributed by atoms with Crippen LogP contribution in [-0.2, 0) is 66.7 Å². The highest BCUT2D eigenvalue weighted by molar-refractivity contribution is 5.83. The summed E-state index contributed by atoms with van der Waals surface area (Å²) in [6.45, 7) is 20.9. The van der Waals surface area contributed by atoms with E-state index in [0.29, 0.717) is 38.8 Å². The molecule has 322 valence electrons. The molecule has 0 bridgehead atoms. The van der Waals surface area contributed by atoms with Gasteiger partial charge in [-0.15, -0.1) is 0 Å². The van der Waals surface area contributed by atoms with Crippen molar-refractivity contribution in [3.63, 3.8) is 0 Å². The second-order valence-electron chi connectivity index (χ2n) is 12.6. The third-order valence-corrected chi connectivity index (χ3v) is 8.01. The molecule has 0 atom stereocenters. The highest BCUT2D eigenvalue weighted by atomic mass is 16.6. The van der Waals surface area contributed by atoms with Gasteiger partial charge in [-0.3, -0.25) is 0 Å². The summed E-state index contributed by atoms with van der Waals surface area (Å²) in [6.07, 6.45) is 6.46. The van der Waals surface area contributed by atoms with E-state index in [0.717, 1.165) is 36.5 Å². The van der Waals surface area contributed by atoms with Crippen molar-refractivity contribution in [3.05, 3.63) is 75.9 Å². The van der Waals surface area contributed by atoms with Crippen molar-refractivity contribution in [1.29, 1.82) is 0 Å². The molecule has 0 N–H and O–H groups in total. The molecule has 0 aliphatic rings. The van der Waals surface area contributed by atoms with E-state index in [4.69, 9.17) is 37.9 Å². The Morgan fingerprint density at radius 3 is 0.776 bits per heavy atom. The number of carbonyl (C=O) groups excluding carboxylic acids is 8. The number of hydrogen-bond donors (Lipinski definition) is 0. The molecular weight excluding hydrogens is 764 g/mol. The van der Waals surface area contributed by atoms with E-state index >= 15 is 0 Å². The number of unbranched alkanes of at least 4 members (excludes halogenated alkanes) is 3. The van der Waals surface area contributed by atoms with Crippen LogP contribution in [-0.4, -0.2) is 137 Å². The van der Waals surface area contributed by atoms with Crippen molar-refractivity contribution in [2.24, 2.45) is 10.8 Å². The van der Waals surface area contributed by atoms with Gasteiger partial charge in [-0.05, 0) is 26.7 Å². The Bertz CT molecular complexity index is 1240. The van der Waals surface area contributed by atoms with E-state index < -0.39 is 112 Å². The monoisotopic (exact) mass is 820 g/mol. The summed E-state index contributed by atoms with van der Waals surface area (Å²) in [5.74, 6) is -4.87. The molecule has 0 aromatic heterocycles. The normalized spacial score (nSPS) is 10.6. The van der Waals surface area contributed by atoms with Crippen LogP contribution in [0.5, 0.6) is 0 Å². The molecule has 58 heavy (non-hydrogen) atoms. The Kier molecular flexibility index (Phi) is 26.0. The van der Waals surface area contributed by atoms with Crippen LogP contribution in [0.25, 0.3) is 0 Å². The number of amides is 2. The van der Waals surface area contributed by atoms with Crippen LogP contribution < -0.4 is 0 Å². The molecule has 0 unspecified atom stereocenters. The summed E-state index contributed by atoms with van der Waals surface area (Å²) < 4.78 is 42.0. The molecule has 0 rings (SSSR count). The number of carbonyl (C=O) groups is 8. The fourth-order valence-electron chi connectivity index (χ4n) is 4.53. The van der Waals surface area contributed by atoms with Gasteiger partial charge in [0.25, 0.3) is 0 Å². The maximum absolute atomic E-state index is 13.1. The molecule has 0 aromatic rings. The zero-order valence-electron chi connectivity index (χ0n) is 33.4. The fourth-order valence-corrected chi connectivity index (χ4v) is 4.53. The quantitative estimate of drug-likeness (QED) is 0.0420. The first kappa shape index (κ1) is 51.8. The van der Waals surface area contributed by atoms with Crippen molar-refractivity contribution in [2.75, 3.05) is 79.0 Å².